The van der Waals surface area contributed by atoms with E-state index in [1.807, 2.05) is 44.2 Å². The minimum absolute atomic E-state index is 0.145. The maximum atomic E-state index is 11.4. The van der Waals surface area contributed by atoms with E-state index in [9.17, 15) is 9.59 Å². The highest BCUT2D eigenvalue weighted by Gasteiger charge is 2.23. The Morgan fingerprint density at radius 1 is 0.923 bits per heavy atom. The van der Waals surface area contributed by atoms with Crippen molar-refractivity contribution in [1.82, 2.24) is 0 Å². The second-order valence-electron chi connectivity index (χ2n) is 5.49. The van der Waals surface area contributed by atoms with Gasteiger partial charge in [-0.2, -0.15) is 0 Å². The van der Waals surface area contributed by atoms with Gasteiger partial charge in [0, 0.05) is 11.1 Å². The fraction of sp³-hybridized carbons (Fsp3) is 0.263. The molecule has 2 rings (SSSR count). The lowest BCUT2D eigenvalue weighted by Gasteiger charge is -2.20. The standard InChI is InChI=1S/C19H22N2O5/c1-3-13-10-15(25-18(20)22)14(4-2)17(26-19(21)23)16(13)24-11-12-8-6-5-7-9-12/h5-10H,3-4,11H2,1-2H3,(H2,20,22)(H2,21,23). The van der Waals surface area contributed by atoms with Crippen molar-refractivity contribution in [3.8, 4) is 17.2 Å². The van der Waals surface area contributed by atoms with Crippen molar-refractivity contribution in [1.29, 1.82) is 0 Å². The summed E-state index contributed by atoms with van der Waals surface area (Å²) < 4.78 is 16.2. The Bertz CT molecular complexity index is 790. The largest absolute Gasteiger partial charge is 0.485 e. The number of carbonyl (C=O) groups is 2. The summed E-state index contributed by atoms with van der Waals surface area (Å²) in [6, 6.07) is 11.2. The van der Waals surface area contributed by atoms with E-state index in [-0.39, 0.29) is 18.1 Å². The SMILES string of the molecule is CCc1cc(OC(N)=O)c(CC)c(OC(N)=O)c1OCc1ccccc1. The van der Waals surface area contributed by atoms with Gasteiger partial charge in [0.05, 0.1) is 0 Å². The Hall–Kier alpha value is -3.22. The first-order valence-electron chi connectivity index (χ1n) is 8.26. The van der Waals surface area contributed by atoms with Crippen LogP contribution in [0.1, 0.15) is 30.5 Å². The van der Waals surface area contributed by atoms with E-state index in [2.05, 4.69) is 0 Å². The lowest BCUT2D eigenvalue weighted by atomic mass is 10.0. The molecule has 0 fully saturated rings. The molecule has 0 aliphatic carbocycles. The van der Waals surface area contributed by atoms with Gasteiger partial charge in [0.2, 0.25) is 0 Å². The Labute approximate surface area is 151 Å². The van der Waals surface area contributed by atoms with Gasteiger partial charge < -0.3 is 25.7 Å². The van der Waals surface area contributed by atoms with Crippen LogP contribution in [0.2, 0.25) is 0 Å². The van der Waals surface area contributed by atoms with Crippen LogP contribution in [-0.2, 0) is 19.4 Å². The first-order valence-corrected chi connectivity index (χ1v) is 8.26. The molecule has 0 aliphatic heterocycles. The maximum Gasteiger partial charge on any atom is 0.410 e. The number of carbonyl (C=O) groups excluding carboxylic acids is 2. The molecule has 0 aliphatic rings. The second kappa shape index (κ2) is 8.75. The molecule has 7 heteroatoms. The third-order valence-corrected chi connectivity index (χ3v) is 3.75. The van der Waals surface area contributed by atoms with Gasteiger partial charge in [0.15, 0.2) is 11.5 Å². The Balaban J connectivity index is 2.51. The van der Waals surface area contributed by atoms with Crippen molar-refractivity contribution >= 4 is 12.2 Å². The van der Waals surface area contributed by atoms with Crippen molar-refractivity contribution in [2.24, 2.45) is 11.5 Å². The fourth-order valence-corrected chi connectivity index (χ4v) is 2.60. The average molecular weight is 358 g/mol. The zero-order valence-electron chi connectivity index (χ0n) is 14.8. The molecule has 0 bridgehead atoms. The van der Waals surface area contributed by atoms with Gasteiger partial charge in [-0.1, -0.05) is 44.2 Å². The molecule has 0 unspecified atom stereocenters. The first-order chi connectivity index (χ1) is 12.5. The summed E-state index contributed by atoms with van der Waals surface area (Å²) in [4.78, 5) is 22.6. The van der Waals surface area contributed by atoms with Crippen molar-refractivity contribution in [3.05, 3.63) is 53.1 Å². The van der Waals surface area contributed by atoms with E-state index in [0.29, 0.717) is 29.7 Å². The van der Waals surface area contributed by atoms with Gasteiger partial charge in [0.25, 0.3) is 0 Å². The van der Waals surface area contributed by atoms with Crippen LogP contribution in [0.25, 0.3) is 0 Å². The highest BCUT2D eigenvalue weighted by Crippen LogP contribution is 2.42. The number of ether oxygens (including phenoxy) is 3. The molecular formula is C19H22N2O5. The number of benzene rings is 2. The van der Waals surface area contributed by atoms with Crippen LogP contribution in [-0.4, -0.2) is 12.2 Å². The lowest BCUT2D eigenvalue weighted by molar-refractivity contribution is 0.204. The molecule has 2 aromatic carbocycles. The number of hydrogen-bond donors (Lipinski definition) is 2. The lowest BCUT2D eigenvalue weighted by Crippen LogP contribution is -2.20. The summed E-state index contributed by atoms with van der Waals surface area (Å²) >= 11 is 0. The number of rotatable bonds is 7. The van der Waals surface area contributed by atoms with Crippen molar-refractivity contribution in [2.45, 2.75) is 33.3 Å². The van der Waals surface area contributed by atoms with E-state index in [0.717, 1.165) is 5.56 Å². The molecule has 0 aromatic heterocycles. The summed E-state index contributed by atoms with van der Waals surface area (Å²) in [5.74, 6) is 0.760. The third kappa shape index (κ3) is 4.66. The first kappa shape index (κ1) is 19.1. The number of nitrogens with two attached hydrogens (primary N) is 2. The molecule has 2 aromatic rings. The zero-order chi connectivity index (χ0) is 19.1. The van der Waals surface area contributed by atoms with Gasteiger partial charge in [-0.25, -0.2) is 9.59 Å². The minimum Gasteiger partial charge on any atom is -0.485 e. The molecule has 7 nitrogen and oxygen atoms in total. The van der Waals surface area contributed by atoms with Crippen LogP contribution in [0.3, 0.4) is 0 Å². The van der Waals surface area contributed by atoms with E-state index in [1.54, 1.807) is 6.07 Å². The predicted molar refractivity (Wildman–Crippen MR) is 96.4 cm³/mol. The summed E-state index contributed by atoms with van der Waals surface area (Å²) in [5.41, 5.74) is 12.5. The van der Waals surface area contributed by atoms with Gasteiger partial charge in [-0.05, 0) is 24.5 Å². The van der Waals surface area contributed by atoms with Crippen molar-refractivity contribution < 1.29 is 23.8 Å². The summed E-state index contributed by atoms with van der Waals surface area (Å²) in [6.07, 6.45) is -0.970. The van der Waals surface area contributed by atoms with E-state index in [4.69, 9.17) is 25.7 Å². The molecule has 0 saturated carbocycles. The van der Waals surface area contributed by atoms with Crippen molar-refractivity contribution in [3.63, 3.8) is 0 Å². The van der Waals surface area contributed by atoms with Gasteiger partial charge in [-0.15, -0.1) is 0 Å². The molecule has 0 heterocycles. The molecule has 0 atom stereocenters. The van der Waals surface area contributed by atoms with Crippen LogP contribution >= 0.6 is 0 Å². The van der Waals surface area contributed by atoms with E-state index < -0.39 is 12.2 Å². The van der Waals surface area contributed by atoms with E-state index >= 15 is 0 Å². The molecule has 0 saturated heterocycles. The molecule has 0 spiro atoms. The number of primary amides is 2. The third-order valence-electron chi connectivity index (χ3n) is 3.75. The summed E-state index contributed by atoms with van der Waals surface area (Å²) in [5, 5.41) is 0. The van der Waals surface area contributed by atoms with E-state index in [1.165, 1.54) is 0 Å². The number of amides is 2. The molecule has 2 amide bonds. The predicted octanol–water partition coefficient (Wildman–Crippen LogP) is 3.31. The van der Waals surface area contributed by atoms with Crippen LogP contribution in [0, 0.1) is 0 Å². The number of hydrogen-bond acceptors (Lipinski definition) is 5. The zero-order valence-corrected chi connectivity index (χ0v) is 14.8. The maximum absolute atomic E-state index is 11.4. The van der Waals surface area contributed by atoms with Crippen LogP contribution in [0.15, 0.2) is 36.4 Å². The molecular weight excluding hydrogens is 336 g/mol. The average Bonchev–Trinajstić information content (AvgIpc) is 2.60. The highest BCUT2D eigenvalue weighted by atomic mass is 16.6. The monoisotopic (exact) mass is 358 g/mol. The Kier molecular flexibility index (Phi) is 6.43. The Morgan fingerprint density at radius 3 is 2.12 bits per heavy atom. The topological polar surface area (TPSA) is 114 Å². The van der Waals surface area contributed by atoms with Crippen LogP contribution in [0.5, 0.6) is 17.2 Å². The summed E-state index contributed by atoms with van der Waals surface area (Å²) in [6.45, 7) is 4.00. The van der Waals surface area contributed by atoms with Crippen LogP contribution < -0.4 is 25.7 Å². The Morgan fingerprint density at radius 2 is 1.58 bits per heavy atom. The van der Waals surface area contributed by atoms with Gasteiger partial charge >= 0.3 is 12.2 Å². The van der Waals surface area contributed by atoms with Gasteiger partial charge in [-0.3, -0.25) is 0 Å². The quantitative estimate of drug-likeness (QED) is 0.788. The van der Waals surface area contributed by atoms with Crippen LogP contribution in [0.4, 0.5) is 9.59 Å². The fourth-order valence-electron chi connectivity index (χ4n) is 2.60. The molecule has 4 N–H and O–H groups in total. The molecule has 0 radical (unpaired) electrons. The van der Waals surface area contributed by atoms with Crippen molar-refractivity contribution in [2.75, 3.05) is 0 Å². The normalized spacial score (nSPS) is 10.2. The number of aryl methyl sites for hydroxylation is 1. The second-order valence-corrected chi connectivity index (χ2v) is 5.49. The molecule has 138 valence electrons. The highest BCUT2D eigenvalue weighted by molar-refractivity contribution is 5.74. The minimum atomic E-state index is -0.984. The van der Waals surface area contributed by atoms with Gasteiger partial charge in [0.1, 0.15) is 12.4 Å². The smallest absolute Gasteiger partial charge is 0.410 e. The molecule has 26 heavy (non-hydrogen) atoms. The summed E-state index contributed by atoms with van der Waals surface area (Å²) in [7, 11) is 0.